The van der Waals surface area contributed by atoms with Gasteiger partial charge in [0.05, 0.1) is 6.07 Å². The molecule has 0 saturated heterocycles. The highest BCUT2D eigenvalue weighted by Gasteiger charge is 2.19. The molecule has 1 atom stereocenters. The minimum atomic E-state index is -0.387. The van der Waals surface area contributed by atoms with E-state index in [4.69, 9.17) is 5.26 Å². The molecule has 2 nitrogen and oxygen atoms in total. The number of hydrogen-bond acceptors (Lipinski definition) is 3. The van der Waals surface area contributed by atoms with Crippen LogP contribution >= 0.6 is 11.8 Å². The van der Waals surface area contributed by atoms with E-state index in [1.165, 1.54) is 10.5 Å². The molecule has 0 aliphatic rings. The average molecular weight is 276 g/mol. The number of thioether (sulfide) groups is 1. The maximum atomic E-state index is 9.06. The fourth-order valence-electron chi connectivity index (χ4n) is 1.80. The van der Waals surface area contributed by atoms with Crippen molar-refractivity contribution in [1.82, 2.24) is 5.32 Å². The van der Waals surface area contributed by atoms with Crippen molar-refractivity contribution in [2.24, 2.45) is 0 Å². The van der Waals surface area contributed by atoms with Gasteiger partial charge in [-0.05, 0) is 56.2 Å². The minimum Gasteiger partial charge on any atom is -0.303 e. The normalized spacial score (nSPS) is 14.1. The second-order valence-corrected chi connectivity index (χ2v) is 6.54. The quantitative estimate of drug-likeness (QED) is 0.599. The summed E-state index contributed by atoms with van der Waals surface area (Å²) in [5.74, 6) is 1.64. The van der Waals surface area contributed by atoms with Crippen molar-refractivity contribution in [2.75, 3.05) is 12.8 Å². The van der Waals surface area contributed by atoms with Crippen LogP contribution in [0.15, 0.2) is 29.2 Å². The van der Waals surface area contributed by atoms with Gasteiger partial charge in [-0.1, -0.05) is 26.0 Å². The summed E-state index contributed by atoms with van der Waals surface area (Å²) in [6.45, 7) is 6.38. The standard InChI is InChI=1S/C16H24N2S/c1-13(2)14-6-8-15(9-7-14)19-11-5-10-16(3,12-17)18-4/h6-9,13,18H,5,10-11H2,1-4H3. The fraction of sp³-hybridized carbons (Fsp3) is 0.562. The van der Waals surface area contributed by atoms with Crippen molar-refractivity contribution in [3.63, 3.8) is 0 Å². The van der Waals surface area contributed by atoms with Gasteiger partial charge in [-0.15, -0.1) is 11.8 Å². The number of nitrogens with one attached hydrogen (secondary N) is 1. The van der Waals surface area contributed by atoms with Crippen molar-refractivity contribution in [3.05, 3.63) is 29.8 Å². The van der Waals surface area contributed by atoms with Crippen LogP contribution in [-0.2, 0) is 0 Å². The molecule has 104 valence electrons. The lowest BCUT2D eigenvalue weighted by Gasteiger charge is -2.20. The first-order chi connectivity index (χ1) is 9.00. The molecule has 1 unspecified atom stereocenters. The summed E-state index contributed by atoms with van der Waals surface area (Å²) in [5, 5.41) is 12.1. The number of nitriles is 1. The molecule has 0 saturated carbocycles. The van der Waals surface area contributed by atoms with Crippen LogP contribution in [0.2, 0.25) is 0 Å². The Kier molecular flexibility index (Phi) is 6.41. The van der Waals surface area contributed by atoms with Gasteiger partial charge in [-0.3, -0.25) is 0 Å². The molecule has 19 heavy (non-hydrogen) atoms. The molecule has 0 aliphatic carbocycles. The van der Waals surface area contributed by atoms with Crippen LogP contribution in [0.4, 0.5) is 0 Å². The van der Waals surface area contributed by atoms with Crippen molar-refractivity contribution in [3.8, 4) is 6.07 Å². The van der Waals surface area contributed by atoms with Crippen molar-refractivity contribution >= 4 is 11.8 Å². The lowest BCUT2D eigenvalue weighted by atomic mass is 9.99. The van der Waals surface area contributed by atoms with Crippen molar-refractivity contribution in [2.45, 2.75) is 50.0 Å². The van der Waals surface area contributed by atoms with Gasteiger partial charge in [0.15, 0.2) is 0 Å². The molecule has 1 aromatic rings. The highest BCUT2D eigenvalue weighted by atomic mass is 32.2. The first-order valence-corrected chi connectivity index (χ1v) is 7.82. The molecule has 1 N–H and O–H groups in total. The van der Waals surface area contributed by atoms with Crippen LogP contribution in [0, 0.1) is 11.3 Å². The zero-order valence-corrected chi connectivity index (χ0v) is 13.2. The summed E-state index contributed by atoms with van der Waals surface area (Å²) in [6, 6.07) is 11.1. The second-order valence-electron chi connectivity index (χ2n) is 5.37. The van der Waals surface area contributed by atoms with Crippen LogP contribution in [0.25, 0.3) is 0 Å². The zero-order chi connectivity index (χ0) is 14.3. The molecule has 0 heterocycles. The van der Waals surface area contributed by atoms with E-state index < -0.39 is 0 Å². The predicted octanol–water partition coefficient (Wildman–Crippen LogP) is 4.18. The molecule has 1 aromatic carbocycles. The molecular weight excluding hydrogens is 252 g/mol. The van der Waals surface area contributed by atoms with Gasteiger partial charge in [0, 0.05) is 4.90 Å². The summed E-state index contributed by atoms with van der Waals surface area (Å²) in [7, 11) is 1.85. The molecule has 0 radical (unpaired) electrons. The first-order valence-electron chi connectivity index (χ1n) is 6.83. The average Bonchev–Trinajstić information content (AvgIpc) is 2.44. The highest BCUT2D eigenvalue weighted by Crippen LogP contribution is 2.23. The lowest BCUT2D eigenvalue weighted by molar-refractivity contribution is 0.451. The van der Waals surface area contributed by atoms with Crippen LogP contribution in [0.1, 0.15) is 45.1 Å². The Morgan fingerprint density at radius 1 is 1.32 bits per heavy atom. The lowest BCUT2D eigenvalue weighted by Crippen LogP contribution is -2.37. The summed E-state index contributed by atoms with van der Waals surface area (Å²) in [4.78, 5) is 1.31. The third kappa shape index (κ3) is 5.26. The maximum absolute atomic E-state index is 9.06. The van der Waals surface area contributed by atoms with Gasteiger partial charge < -0.3 is 5.32 Å². The van der Waals surface area contributed by atoms with Gasteiger partial charge in [0.2, 0.25) is 0 Å². The van der Waals surface area contributed by atoms with E-state index in [0.29, 0.717) is 5.92 Å². The number of hydrogen-bond donors (Lipinski definition) is 1. The Balaban J connectivity index is 2.36. The van der Waals surface area contributed by atoms with E-state index in [2.05, 4.69) is 49.5 Å². The molecule has 0 amide bonds. The zero-order valence-electron chi connectivity index (χ0n) is 12.4. The van der Waals surface area contributed by atoms with Gasteiger partial charge in [-0.25, -0.2) is 0 Å². The minimum absolute atomic E-state index is 0.387. The predicted molar refractivity (Wildman–Crippen MR) is 83.6 cm³/mol. The van der Waals surface area contributed by atoms with Crippen LogP contribution in [0.3, 0.4) is 0 Å². The Labute approximate surface area is 121 Å². The molecule has 3 heteroatoms. The van der Waals surface area contributed by atoms with E-state index >= 15 is 0 Å². The third-order valence-corrected chi connectivity index (χ3v) is 4.53. The first kappa shape index (κ1) is 16.1. The van der Waals surface area contributed by atoms with Gasteiger partial charge >= 0.3 is 0 Å². The van der Waals surface area contributed by atoms with Gasteiger partial charge in [0.1, 0.15) is 5.54 Å². The number of benzene rings is 1. The Hall–Kier alpha value is -0.980. The largest absolute Gasteiger partial charge is 0.303 e. The third-order valence-electron chi connectivity index (χ3n) is 3.44. The van der Waals surface area contributed by atoms with Crippen molar-refractivity contribution in [1.29, 1.82) is 5.26 Å². The number of rotatable bonds is 7. The van der Waals surface area contributed by atoms with Crippen LogP contribution in [-0.4, -0.2) is 18.3 Å². The van der Waals surface area contributed by atoms with Gasteiger partial charge in [-0.2, -0.15) is 5.26 Å². The van der Waals surface area contributed by atoms with Gasteiger partial charge in [0.25, 0.3) is 0 Å². The smallest absolute Gasteiger partial charge is 0.103 e. The number of nitrogens with zero attached hydrogens (tertiary/aromatic N) is 1. The summed E-state index contributed by atoms with van der Waals surface area (Å²) in [6.07, 6.45) is 1.93. The van der Waals surface area contributed by atoms with Crippen LogP contribution < -0.4 is 5.32 Å². The molecule has 0 aromatic heterocycles. The SMILES string of the molecule is CNC(C)(C#N)CCCSc1ccc(C(C)C)cc1. The monoisotopic (exact) mass is 276 g/mol. The van der Waals surface area contributed by atoms with E-state index in [0.717, 1.165) is 18.6 Å². The Morgan fingerprint density at radius 2 is 1.95 bits per heavy atom. The molecular formula is C16H24N2S. The summed E-state index contributed by atoms with van der Waals surface area (Å²) >= 11 is 1.87. The Morgan fingerprint density at radius 3 is 2.42 bits per heavy atom. The molecule has 0 fully saturated rings. The van der Waals surface area contributed by atoms with E-state index in [1.807, 2.05) is 25.7 Å². The maximum Gasteiger partial charge on any atom is 0.103 e. The van der Waals surface area contributed by atoms with Crippen LogP contribution in [0.5, 0.6) is 0 Å². The summed E-state index contributed by atoms with van der Waals surface area (Å²) in [5.41, 5.74) is 0.999. The van der Waals surface area contributed by atoms with E-state index in [9.17, 15) is 0 Å². The molecule has 0 spiro atoms. The fourth-order valence-corrected chi connectivity index (χ4v) is 2.65. The molecule has 0 bridgehead atoms. The molecule has 0 aliphatic heterocycles. The topological polar surface area (TPSA) is 35.8 Å². The van der Waals surface area contributed by atoms with Crippen molar-refractivity contribution < 1.29 is 0 Å². The molecule has 1 rings (SSSR count). The Bertz CT molecular complexity index is 419. The summed E-state index contributed by atoms with van der Waals surface area (Å²) < 4.78 is 0. The van der Waals surface area contributed by atoms with E-state index in [-0.39, 0.29) is 5.54 Å². The second kappa shape index (κ2) is 7.57. The highest BCUT2D eigenvalue weighted by molar-refractivity contribution is 7.99. The van der Waals surface area contributed by atoms with E-state index in [1.54, 1.807) is 0 Å².